The lowest BCUT2D eigenvalue weighted by Gasteiger charge is -2.10. The van der Waals surface area contributed by atoms with Crippen molar-refractivity contribution in [2.45, 2.75) is 26.4 Å². The van der Waals surface area contributed by atoms with E-state index in [0.717, 1.165) is 35.7 Å². The van der Waals surface area contributed by atoms with Gasteiger partial charge in [-0.15, -0.1) is 24.0 Å². The number of aliphatic imine (C=N–C) groups is 1. The van der Waals surface area contributed by atoms with E-state index >= 15 is 0 Å². The Hall–Kier alpha value is -1.97. The van der Waals surface area contributed by atoms with Crippen molar-refractivity contribution in [3.05, 3.63) is 36.2 Å². The fourth-order valence-corrected chi connectivity index (χ4v) is 2.27. The van der Waals surface area contributed by atoms with Crippen molar-refractivity contribution in [1.82, 2.24) is 9.78 Å². The SMILES string of the molecule is CCn1cc(CN=C(N)Nc2ccc3c(c2)OCCCO3)cn1.I. The van der Waals surface area contributed by atoms with Crippen LogP contribution in [0.3, 0.4) is 0 Å². The van der Waals surface area contributed by atoms with Crippen LogP contribution in [-0.2, 0) is 13.1 Å². The molecule has 3 N–H and O–H groups in total. The van der Waals surface area contributed by atoms with Crippen molar-refractivity contribution in [3.63, 3.8) is 0 Å². The molecular formula is C16H22IN5O2. The van der Waals surface area contributed by atoms with Crippen LogP contribution in [0.4, 0.5) is 5.69 Å². The van der Waals surface area contributed by atoms with Crippen LogP contribution < -0.4 is 20.5 Å². The molecule has 1 aromatic carbocycles. The number of guanidine groups is 1. The number of nitrogens with zero attached hydrogens (tertiary/aromatic N) is 3. The molecule has 2 heterocycles. The Labute approximate surface area is 158 Å². The van der Waals surface area contributed by atoms with Gasteiger partial charge in [-0.2, -0.15) is 5.10 Å². The van der Waals surface area contributed by atoms with Crippen LogP contribution in [0.1, 0.15) is 18.9 Å². The Bertz CT molecular complexity index is 702. The van der Waals surface area contributed by atoms with Crippen molar-refractivity contribution >= 4 is 35.6 Å². The minimum Gasteiger partial charge on any atom is -0.490 e. The van der Waals surface area contributed by atoms with Crippen molar-refractivity contribution in [1.29, 1.82) is 0 Å². The number of fused-ring (bicyclic) bond motifs is 1. The van der Waals surface area contributed by atoms with Gasteiger partial charge in [-0.1, -0.05) is 0 Å². The van der Waals surface area contributed by atoms with E-state index in [4.69, 9.17) is 15.2 Å². The first-order valence-corrected chi connectivity index (χ1v) is 7.72. The maximum Gasteiger partial charge on any atom is 0.193 e. The first-order chi connectivity index (χ1) is 11.2. The molecule has 2 aromatic rings. The molecule has 0 radical (unpaired) electrons. The second kappa shape index (κ2) is 8.76. The molecular weight excluding hydrogens is 421 g/mol. The fraction of sp³-hybridized carbons (Fsp3) is 0.375. The molecule has 0 aliphatic carbocycles. The van der Waals surface area contributed by atoms with E-state index in [-0.39, 0.29) is 24.0 Å². The highest BCUT2D eigenvalue weighted by Crippen LogP contribution is 2.32. The number of aromatic nitrogens is 2. The topological polar surface area (TPSA) is 86.7 Å². The van der Waals surface area contributed by atoms with Gasteiger partial charge in [0.15, 0.2) is 17.5 Å². The van der Waals surface area contributed by atoms with Gasteiger partial charge in [0, 0.05) is 36.5 Å². The van der Waals surface area contributed by atoms with Crippen LogP contribution >= 0.6 is 24.0 Å². The van der Waals surface area contributed by atoms with Crippen LogP contribution in [-0.4, -0.2) is 29.0 Å². The van der Waals surface area contributed by atoms with Gasteiger partial charge in [0.1, 0.15) is 0 Å². The molecule has 0 saturated heterocycles. The lowest BCUT2D eigenvalue weighted by molar-refractivity contribution is 0.297. The second-order valence-electron chi connectivity index (χ2n) is 5.24. The average Bonchev–Trinajstić information content (AvgIpc) is 2.90. The highest BCUT2D eigenvalue weighted by molar-refractivity contribution is 14.0. The molecule has 130 valence electrons. The fourth-order valence-electron chi connectivity index (χ4n) is 2.27. The van der Waals surface area contributed by atoms with Gasteiger partial charge >= 0.3 is 0 Å². The monoisotopic (exact) mass is 443 g/mol. The van der Waals surface area contributed by atoms with Crippen LogP contribution in [0.2, 0.25) is 0 Å². The highest BCUT2D eigenvalue weighted by Gasteiger charge is 2.10. The lowest BCUT2D eigenvalue weighted by atomic mass is 10.3. The van der Waals surface area contributed by atoms with Gasteiger partial charge in [-0.25, -0.2) is 4.99 Å². The number of benzene rings is 1. The maximum absolute atomic E-state index is 5.94. The zero-order valence-electron chi connectivity index (χ0n) is 13.6. The lowest BCUT2D eigenvalue weighted by Crippen LogP contribution is -2.22. The number of nitrogens with one attached hydrogen (secondary N) is 1. The zero-order valence-corrected chi connectivity index (χ0v) is 15.9. The molecule has 0 bridgehead atoms. The Morgan fingerprint density at radius 1 is 1.33 bits per heavy atom. The van der Waals surface area contributed by atoms with Crippen LogP contribution in [0.5, 0.6) is 11.5 Å². The van der Waals surface area contributed by atoms with E-state index in [1.807, 2.05) is 36.0 Å². The van der Waals surface area contributed by atoms with Gasteiger partial charge in [-0.05, 0) is 19.1 Å². The summed E-state index contributed by atoms with van der Waals surface area (Å²) in [6.45, 7) is 4.70. The van der Waals surface area contributed by atoms with E-state index in [9.17, 15) is 0 Å². The average molecular weight is 443 g/mol. The second-order valence-corrected chi connectivity index (χ2v) is 5.24. The van der Waals surface area contributed by atoms with Crippen molar-refractivity contribution in [3.8, 4) is 11.5 Å². The Morgan fingerprint density at radius 2 is 2.12 bits per heavy atom. The van der Waals surface area contributed by atoms with Gasteiger partial charge in [-0.3, -0.25) is 4.68 Å². The summed E-state index contributed by atoms with van der Waals surface area (Å²) in [4.78, 5) is 4.33. The number of ether oxygens (including phenoxy) is 2. The van der Waals surface area contributed by atoms with Crippen LogP contribution in [0.25, 0.3) is 0 Å². The quantitative estimate of drug-likeness (QED) is 0.431. The Kier molecular flexibility index (Phi) is 6.71. The van der Waals surface area contributed by atoms with Gasteiger partial charge < -0.3 is 20.5 Å². The number of nitrogens with two attached hydrogens (primary N) is 1. The maximum atomic E-state index is 5.94. The summed E-state index contributed by atoms with van der Waals surface area (Å²) in [5, 5.41) is 7.28. The van der Waals surface area contributed by atoms with Gasteiger partial charge in [0.05, 0.1) is 26.0 Å². The van der Waals surface area contributed by atoms with Crippen molar-refractivity contribution in [2.24, 2.45) is 10.7 Å². The number of rotatable bonds is 4. The number of aryl methyl sites for hydroxylation is 1. The zero-order chi connectivity index (χ0) is 16.1. The first-order valence-electron chi connectivity index (χ1n) is 7.72. The predicted molar refractivity (Wildman–Crippen MR) is 104 cm³/mol. The van der Waals surface area contributed by atoms with E-state index < -0.39 is 0 Å². The predicted octanol–water partition coefficient (Wildman–Crippen LogP) is 2.61. The molecule has 0 spiro atoms. The molecule has 3 rings (SSSR count). The smallest absolute Gasteiger partial charge is 0.193 e. The summed E-state index contributed by atoms with van der Waals surface area (Å²) >= 11 is 0. The summed E-state index contributed by atoms with van der Waals surface area (Å²) < 4.78 is 13.1. The molecule has 8 heteroatoms. The summed E-state index contributed by atoms with van der Waals surface area (Å²) in [6.07, 6.45) is 4.64. The molecule has 0 atom stereocenters. The molecule has 0 fully saturated rings. The summed E-state index contributed by atoms with van der Waals surface area (Å²) in [6, 6.07) is 5.64. The molecule has 0 unspecified atom stereocenters. The molecule has 24 heavy (non-hydrogen) atoms. The molecule has 7 nitrogen and oxygen atoms in total. The minimum absolute atomic E-state index is 0. The van der Waals surface area contributed by atoms with Crippen molar-refractivity contribution < 1.29 is 9.47 Å². The Balaban J connectivity index is 0.00000208. The number of hydrogen-bond acceptors (Lipinski definition) is 4. The third kappa shape index (κ3) is 4.76. The van der Waals surface area contributed by atoms with Gasteiger partial charge in [0.25, 0.3) is 0 Å². The number of hydrogen-bond donors (Lipinski definition) is 2. The number of halogens is 1. The van der Waals surface area contributed by atoms with E-state index in [1.54, 1.807) is 6.20 Å². The third-order valence-corrected chi connectivity index (χ3v) is 3.46. The van der Waals surface area contributed by atoms with Crippen LogP contribution in [0.15, 0.2) is 35.6 Å². The van der Waals surface area contributed by atoms with Gasteiger partial charge in [0.2, 0.25) is 0 Å². The standard InChI is InChI=1S/C16H21N5O2.HI/c1-2-21-11-12(10-19-21)9-18-16(17)20-13-4-5-14-15(8-13)23-7-3-6-22-14;/h4-5,8,10-11H,2-3,6-7,9H2,1H3,(H3,17,18,20);1H. The highest BCUT2D eigenvalue weighted by atomic mass is 127. The third-order valence-electron chi connectivity index (χ3n) is 3.46. The minimum atomic E-state index is 0. The molecule has 1 aliphatic heterocycles. The summed E-state index contributed by atoms with van der Waals surface area (Å²) in [5.41, 5.74) is 7.78. The first kappa shape index (κ1) is 18.4. The van der Waals surface area contributed by atoms with Crippen molar-refractivity contribution in [2.75, 3.05) is 18.5 Å². The van der Waals surface area contributed by atoms with Crippen LogP contribution in [0, 0.1) is 0 Å². The molecule has 0 saturated carbocycles. The molecule has 0 amide bonds. The Morgan fingerprint density at radius 3 is 2.88 bits per heavy atom. The van der Waals surface area contributed by atoms with E-state index in [2.05, 4.69) is 15.4 Å². The summed E-state index contributed by atoms with van der Waals surface area (Å²) in [7, 11) is 0. The normalized spacial score (nSPS) is 13.8. The largest absolute Gasteiger partial charge is 0.490 e. The molecule has 1 aliphatic rings. The van der Waals surface area contributed by atoms with E-state index in [1.165, 1.54) is 0 Å². The number of anilines is 1. The summed E-state index contributed by atoms with van der Waals surface area (Å²) in [5.74, 6) is 1.84. The van der Waals surface area contributed by atoms with E-state index in [0.29, 0.717) is 25.7 Å². The molecule has 1 aromatic heterocycles.